The largest absolute Gasteiger partial charge is 0.493 e. The van der Waals surface area contributed by atoms with E-state index in [0.717, 1.165) is 0 Å². The van der Waals surface area contributed by atoms with Gasteiger partial charge in [-0.1, -0.05) is 11.8 Å². The topological polar surface area (TPSA) is 57.4 Å². The Morgan fingerprint density at radius 3 is 2.23 bits per heavy atom. The number of hydrogen-bond acceptors (Lipinski definition) is 6. The Bertz CT molecular complexity index is 825. The van der Waals surface area contributed by atoms with Crippen LogP contribution in [-0.2, 0) is 0 Å². The van der Waals surface area contributed by atoms with Crippen LogP contribution in [0.4, 0.5) is 8.78 Å². The van der Waals surface area contributed by atoms with Crippen molar-refractivity contribution in [3.63, 3.8) is 0 Å². The van der Waals surface area contributed by atoms with E-state index < -0.39 is 6.10 Å². The second-order valence-corrected chi connectivity index (χ2v) is 6.32. The fourth-order valence-corrected chi connectivity index (χ4v) is 2.61. The van der Waals surface area contributed by atoms with Crippen LogP contribution in [0, 0.1) is 11.6 Å². The van der Waals surface area contributed by atoms with Crippen LogP contribution < -0.4 is 9.47 Å². The van der Waals surface area contributed by atoms with Crippen molar-refractivity contribution in [3.8, 4) is 11.5 Å². The summed E-state index contributed by atoms with van der Waals surface area (Å²) in [4.78, 5) is 0. The Kier molecular flexibility index (Phi) is 6.06. The Morgan fingerprint density at radius 1 is 0.962 bits per heavy atom. The lowest BCUT2D eigenvalue weighted by Gasteiger charge is -2.10. The van der Waals surface area contributed by atoms with Crippen LogP contribution in [0.3, 0.4) is 0 Å². The van der Waals surface area contributed by atoms with Crippen LogP contribution in [0.5, 0.6) is 11.5 Å². The summed E-state index contributed by atoms with van der Waals surface area (Å²) in [6.07, 6.45) is -0.460. The van der Waals surface area contributed by atoms with Gasteiger partial charge in [-0.2, -0.15) is 0 Å². The summed E-state index contributed by atoms with van der Waals surface area (Å²) in [5.74, 6) is 1.40. The van der Waals surface area contributed by atoms with Crippen LogP contribution in [0.15, 0.2) is 58.2 Å². The Balaban J connectivity index is 1.45. The quantitative estimate of drug-likeness (QED) is 0.420. The molecule has 26 heavy (non-hydrogen) atoms. The van der Waals surface area contributed by atoms with E-state index in [1.54, 1.807) is 19.1 Å². The van der Waals surface area contributed by atoms with Crippen molar-refractivity contribution < 1.29 is 22.7 Å². The molecule has 1 atom stereocenters. The van der Waals surface area contributed by atoms with Crippen LogP contribution in [-0.4, -0.2) is 22.6 Å². The van der Waals surface area contributed by atoms with Gasteiger partial charge < -0.3 is 13.9 Å². The third-order valence-electron chi connectivity index (χ3n) is 3.29. The van der Waals surface area contributed by atoms with Crippen LogP contribution in [0.2, 0.25) is 0 Å². The van der Waals surface area contributed by atoms with Gasteiger partial charge in [0, 0.05) is 5.75 Å². The Hall–Kier alpha value is -2.61. The van der Waals surface area contributed by atoms with Crippen LogP contribution >= 0.6 is 11.8 Å². The standard InChI is InChI=1S/C18H16F2N2O3S/c1-12(24-16-8-4-14(20)5-9-16)17-21-22-18(25-17)26-11-10-23-15-6-2-13(19)3-7-15/h2-9,12H,10-11H2,1H3/t12-/m0/s1. The summed E-state index contributed by atoms with van der Waals surface area (Å²) in [6, 6.07) is 11.5. The van der Waals surface area contributed by atoms with Crippen molar-refractivity contribution in [1.82, 2.24) is 10.2 Å². The Labute approximate surface area is 153 Å². The molecular weight excluding hydrogens is 362 g/mol. The second kappa shape index (κ2) is 8.66. The lowest BCUT2D eigenvalue weighted by atomic mass is 10.3. The molecule has 3 aromatic rings. The van der Waals surface area contributed by atoms with Crippen molar-refractivity contribution in [3.05, 3.63) is 66.1 Å². The summed E-state index contributed by atoms with van der Waals surface area (Å²) < 4.78 is 42.4. The first-order chi connectivity index (χ1) is 12.6. The van der Waals surface area contributed by atoms with Gasteiger partial charge in [0.15, 0.2) is 6.10 Å². The summed E-state index contributed by atoms with van der Waals surface area (Å²) >= 11 is 1.34. The molecule has 0 N–H and O–H groups in total. The van der Waals surface area contributed by atoms with Crippen molar-refractivity contribution in [2.75, 3.05) is 12.4 Å². The highest BCUT2D eigenvalue weighted by atomic mass is 32.2. The van der Waals surface area contributed by atoms with Gasteiger partial charge in [0.1, 0.15) is 23.1 Å². The van der Waals surface area contributed by atoms with E-state index in [9.17, 15) is 8.78 Å². The van der Waals surface area contributed by atoms with E-state index >= 15 is 0 Å². The molecule has 5 nitrogen and oxygen atoms in total. The molecule has 1 heterocycles. The number of hydrogen-bond donors (Lipinski definition) is 0. The number of thioether (sulfide) groups is 1. The summed E-state index contributed by atoms with van der Waals surface area (Å²) in [5.41, 5.74) is 0. The van der Waals surface area contributed by atoms with Crippen molar-refractivity contribution in [2.45, 2.75) is 18.3 Å². The monoisotopic (exact) mass is 378 g/mol. The summed E-state index contributed by atoms with van der Waals surface area (Å²) in [7, 11) is 0. The number of nitrogens with zero attached hydrogens (tertiary/aromatic N) is 2. The molecule has 0 aliphatic carbocycles. The highest BCUT2D eigenvalue weighted by Gasteiger charge is 2.16. The van der Waals surface area contributed by atoms with Gasteiger partial charge in [0.05, 0.1) is 6.61 Å². The first-order valence-electron chi connectivity index (χ1n) is 7.87. The van der Waals surface area contributed by atoms with E-state index in [4.69, 9.17) is 13.9 Å². The summed E-state index contributed by atoms with van der Waals surface area (Å²) in [5, 5.41) is 8.31. The smallest absolute Gasteiger partial charge is 0.276 e. The van der Waals surface area contributed by atoms with E-state index in [1.165, 1.54) is 48.2 Å². The molecule has 8 heteroatoms. The maximum atomic E-state index is 12.9. The van der Waals surface area contributed by atoms with Gasteiger partial charge in [-0.25, -0.2) is 8.78 Å². The number of aromatic nitrogens is 2. The predicted octanol–water partition coefficient (Wildman–Crippen LogP) is 4.66. The van der Waals surface area contributed by atoms with Crippen LogP contribution in [0.25, 0.3) is 0 Å². The number of ether oxygens (including phenoxy) is 2. The van der Waals surface area contributed by atoms with Gasteiger partial charge in [-0.15, -0.1) is 10.2 Å². The minimum absolute atomic E-state index is 0.304. The molecule has 0 bridgehead atoms. The maximum absolute atomic E-state index is 12.9. The minimum atomic E-state index is -0.460. The molecule has 0 spiro atoms. The van der Waals surface area contributed by atoms with E-state index in [0.29, 0.717) is 35.0 Å². The molecule has 0 aliphatic rings. The fourth-order valence-electron chi connectivity index (χ4n) is 2.03. The SMILES string of the molecule is C[C@H](Oc1ccc(F)cc1)c1nnc(SCCOc2ccc(F)cc2)o1. The van der Waals surface area contributed by atoms with Gasteiger partial charge in [-0.3, -0.25) is 0 Å². The number of halogens is 2. The van der Waals surface area contributed by atoms with Crippen molar-refractivity contribution in [2.24, 2.45) is 0 Å². The molecular formula is C18H16F2N2O3S. The lowest BCUT2D eigenvalue weighted by molar-refractivity contribution is 0.181. The average Bonchev–Trinajstić information content (AvgIpc) is 3.11. The van der Waals surface area contributed by atoms with E-state index in [1.807, 2.05) is 0 Å². The zero-order chi connectivity index (χ0) is 18.4. The third kappa shape index (κ3) is 5.19. The van der Waals surface area contributed by atoms with Gasteiger partial charge in [-0.05, 0) is 55.5 Å². The zero-order valence-electron chi connectivity index (χ0n) is 13.9. The maximum Gasteiger partial charge on any atom is 0.276 e. The first kappa shape index (κ1) is 18.2. The summed E-state index contributed by atoms with van der Waals surface area (Å²) in [6.45, 7) is 2.18. The molecule has 1 aromatic heterocycles. The second-order valence-electron chi connectivity index (χ2n) is 5.27. The Morgan fingerprint density at radius 2 is 1.58 bits per heavy atom. The number of rotatable bonds is 8. The zero-order valence-corrected chi connectivity index (χ0v) is 14.7. The van der Waals surface area contributed by atoms with Gasteiger partial charge in [0.25, 0.3) is 11.1 Å². The average molecular weight is 378 g/mol. The molecule has 0 saturated heterocycles. The van der Waals surface area contributed by atoms with Crippen molar-refractivity contribution >= 4 is 11.8 Å². The van der Waals surface area contributed by atoms with Gasteiger partial charge >= 0.3 is 0 Å². The molecule has 2 aromatic carbocycles. The highest BCUT2D eigenvalue weighted by molar-refractivity contribution is 7.99. The van der Waals surface area contributed by atoms with Crippen LogP contribution in [0.1, 0.15) is 18.9 Å². The molecule has 0 amide bonds. The fraction of sp³-hybridized carbons (Fsp3) is 0.222. The molecule has 3 rings (SSSR count). The van der Waals surface area contributed by atoms with Gasteiger partial charge in [0.2, 0.25) is 0 Å². The molecule has 136 valence electrons. The normalized spacial score (nSPS) is 12.0. The predicted molar refractivity (Wildman–Crippen MR) is 92.4 cm³/mol. The first-order valence-corrected chi connectivity index (χ1v) is 8.85. The van der Waals surface area contributed by atoms with Crippen molar-refractivity contribution in [1.29, 1.82) is 0 Å². The molecule has 0 saturated carbocycles. The number of benzene rings is 2. The minimum Gasteiger partial charge on any atom is -0.493 e. The van der Waals surface area contributed by atoms with E-state index in [-0.39, 0.29) is 11.6 Å². The molecule has 0 unspecified atom stereocenters. The molecule has 0 radical (unpaired) electrons. The lowest BCUT2D eigenvalue weighted by Crippen LogP contribution is -2.03. The van der Waals surface area contributed by atoms with E-state index in [2.05, 4.69) is 10.2 Å². The molecule has 0 aliphatic heterocycles. The highest BCUT2D eigenvalue weighted by Crippen LogP contribution is 2.24. The third-order valence-corrected chi connectivity index (χ3v) is 4.07. The molecule has 0 fully saturated rings.